The fraction of sp³-hybridized carbons (Fsp3) is 0.408. The molecule has 15 aliphatic rings. The molecule has 19 nitrogen and oxygen atoms in total. The van der Waals surface area contributed by atoms with E-state index in [2.05, 4.69) is 129 Å². The first kappa shape index (κ1) is 84.2. The van der Waals surface area contributed by atoms with Crippen molar-refractivity contribution >= 4 is 75.5 Å². The van der Waals surface area contributed by atoms with E-state index >= 15 is 0 Å². The molecule has 6 heterocycles. The summed E-state index contributed by atoms with van der Waals surface area (Å²) in [5.74, 6) is -3.09. The molecule has 6 unspecified atom stereocenters. The van der Waals surface area contributed by atoms with Crippen molar-refractivity contribution in [3.8, 4) is 53.6 Å². The molecular formula is C103H97B6N7O12. The topological polar surface area (TPSA) is 277 Å². The van der Waals surface area contributed by atoms with Gasteiger partial charge in [-0.1, -0.05) is 97.1 Å². The predicted molar refractivity (Wildman–Crippen MR) is 488 cm³/mol. The monoisotopic (exact) mass is 1690 g/mol. The second-order valence-electron chi connectivity index (χ2n) is 42.6. The lowest BCUT2D eigenvalue weighted by Gasteiger charge is -2.45. The van der Waals surface area contributed by atoms with Crippen LogP contribution in [0.5, 0.6) is 0 Å². The third-order valence-electron chi connectivity index (χ3n) is 33.4. The highest BCUT2D eigenvalue weighted by Gasteiger charge is 2.64. The van der Waals surface area contributed by atoms with E-state index in [4.69, 9.17) is 55.9 Å². The largest absolute Gasteiger partial charge is 0.496 e. The molecule has 9 aromatic carbocycles. The van der Waals surface area contributed by atoms with Crippen LogP contribution in [-0.4, -0.2) is 110 Å². The van der Waals surface area contributed by atoms with Crippen LogP contribution in [0.25, 0.3) is 11.1 Å². The zero-order valence-electron chi connectivity index (χ0n) is 76.5. The zero-order chi connectivity index (χ0) is 90.7. The van der Waals surface area contributed by atoms with Gasteiger partial charge in [0.05, 0.1) is 149 Å². The second-order valence-corrected chi connectivity index (χ2v) is 42.6. The summed E-state index contributed by atoms with van der Waals surface area (Å²) in [6.07, 6.45) is 0.797. The number of nitriles is 7. The molecule has 0 saturated carbocycles. The number of hydrogen-bond acceptors (Lipinski definition) is 19. The SMILES string of the molecule is CC1(C)OB(c2cc3c(cc2C#N)C2c4cc(C#N)c(B5OC(C)(C)C(C)(C)O5)cc4C3c3cc(B4OC(C)(C)C(C)(CCC5(C)OB(c6ccc7c(c6C#N)C6c8cc(-c9cc(B%10OC(C)(C)C(C)(C)O%10)c(C#N)c%10c9C9c%11ccccc%11C%10c%10ccc(B%11OC(C)(C)C(C)(C)O%11)c(C#N)c%109)ccc8C7c7c(C#N)cccc76)OC5(C)C)O4)c(C#N)cc32)OC1(C)C. The van der Waals surface area contributed by atoms with Gasteiger partial charge in [-0.2, -0.15) is 36.8 Å². The van der Waals surface area contributed by atoms with Crippen molar-refractivity contribution in [1.82, 2.24) is 0 Å². The van der Waals surface area contributed by atoms with E-state index in [1.807, 2.05) is 193 Å². The molecule has 0 aromatic heterocycles. The lowest BCUT2D eigenvalue weighted by molar-refractivity contribution is -0.0576. The van der Waals surface area contributed by atoms with Crippen LogP contribution in [0, 0.1) is 79.3 Å². The first-order valence-corrected chi connectivity index (χ1v) is 44.7. The lowest BCUT2D eigenvalue weighted by atomic mass is 9.55. The quantitative estimate of drug-likeness (QED) is 0.115. The van der Waals surface area contributed by atoms with E-state index in [-0.39, 0.29) is 0 Å². The van der Waals surface area contributed by atoms with Crippen molar-refractivity contribution in [2.45, 2.75) is 268 Å². The van der Waals surface area contributed by atoms with Crippen LogP contribution in [0.4, 0.5) is 0 Å². The minimum atomic E-state index is -1.03. The summed E-state index contributed by atoms with van der Waals surface area (Å²) in [5, 5.41) is 80.4. The molecule has 24 rings (SSSR count). The first-order chi connectivity index (χ1) is 60.3. The molecule has 128 heavy (non-hydrogen) atoms. The molecule has 0 N–H and O–H groups in total. The Morgan fingerprint density at radius 1 is 0.227 bits per heavy atom. The minimum absolute atomic E-state index is 0.355. The highest BCUT2D eigenvalue weighted by atomic mass is 16.7. The standard InChI is InChI=1S/C103H97B6N7O12/c1-92(2)93(3,4)118-104(117-92)75-34-33-63-85-58-27-23-24-28-59(58)89(88(63)73(75)51-115)90-64(42-80(74(52-116)91(85)90)109-123-98(13,14)99(15,16)124-109)53-30-31-60-65(38-53)86-61-29-25-26-54(46-110)81(61)84(60)62-32-35-76(72(50-114)87(62)86)105-125-100(17,18)102(21,127-105)36-37-103(22)101(19,20)126-108(128-103)79-45-71-68(41-57(79)49-113)82-66-39-55(47-111)77(106-119-94(5,6)95(7,8)120-106)43-69(66)83(71)70-44-78(56(48-112)40-67(70)82)107-121-96(9,10)97(11,12)122-107/h23-35,38-45,82-86,89H,36-37H2,1-22H3. The van der Waals surface area contributed by atoms with Crippen molar-refractivity contribution < 1.29 is 55.9 Å². The number of hydrogen-bond donors (Lipinski definition) is 0. The van der Waals surface area contributed by atoms with Crippen LogP contribution in [0.1, 0.15) is 340 Å². The summed E-state index contributed by atoms with van der Waals surface area (Å²) in [4.78, 5) is 0. The molecule has 0 spiro atoms. The van der Waals surface area contributed by atoms with Gasteiger partial charge in [0, 0.05) is 68.3 Å². The zero-order valence-corrected chi connectivity index (χ0v) is 76.5. The Labute approximate surface area is 751 Å². The summed E-state index contributed by atoms with van der Waals surface area (Å²) < 4.78 is 83.4. The van der Waals surface area contributed by atoms with E-state index in [0.29, 0.717) is 84.6 Å². The van der Waals surface area contributed by atoms with Gasteiger partial charge in [-0.15, -0.1) is 0 Å². The average molecular weight is 1690 g/mol. The Morgan fingerprint density at radius 2 is 0.523 bits per heavy atom. The van der Waals surface area contributed by atoms with Gasteiger partial charge in [-0.25, -0.2) is 0 Å². The van der Waals surface area contributed by atoms with E-state index < -0.39 is 145 Å². The van der Waals surface area contributed by atoms with Crippen LogP contribution in [0.3, 0.4) is 0 Å². The molecule has 0 amide bonds. The molecule has 0 radical (unpaired) electrons. The molecule has 9 aliphatic carbocycles. The van der Waals surface area contributed by atoms with Crippen LogP contribution in [0.15, 0.2) is 127 Å². The van der Waals surface area contributed by atoms with Gasteiger partial charge in [0.2, 0.25) is 0 Å². The molecule has 9 aromatic rings. The Hall–Kier alpha value is -10.7. The summed E-state index contributed by atoms with van der Waals surface area (Å²) in [5.41, 5.74) is 15.0. The minimum Gasteiger partial charge on any atom is -0.399 e. The second kappa shape index (κ2) is 27.2. The van der Waals surface area contributed by atoms with Gasteiger partial charge in [-0.3, -0.25) is 0 Å². The van der Waals surface area contributed by atoms with Crippen molar-refractivity contribution in [3.63, 3.8) is 0 Å². The third kappa shape index (κ3) is 11.4. The maximum absolute atomic E-state index is 12.1. The first-order valence-electron chi connectivity index (χ1n) is 44.7. The molecule has 25 heteroatoms. The highest BCUT2D eigenvalue weighted by molar-refractivity contribution is 6.65. The van der Waals surface area contributed by atoms with Crippen molar-refractivity contribution in [1.29, 1.82) is 36.8 Å². The van der Waals surface area contributed by atoms with Gasteiger partial charge in [0.25, 0.3) is 0 Å². The Bertz CT molecular complexity index is 6690. The number of rotatable bonds is 10. The summed E-state index contributed by atoms with van der Waals surface area (Å²) >= 11 is 0. The number of benzene rings is 9. The Morgan fingerprint density at radius 3 is 0.930 bits per heavy atom. The lowest BCUT2D eigenvalue weighted by Crippen LogP contribution is -2.50. The normalized spacial score (nSPS) is 26.4. The summed E-state index contributed by atoms with van der Waals surface area (Å²) in [6, 6.07) is 61.3. The molecular weight excluding hydrogens is 1590 g/mol. The fourth-order valence-corrected chi connectivity index (χ4v) is 22.7. The smallest absolute Gasteiger partial charge is 0.399 e. The Balaban J connectivity index is 0.634. The van der Waals surface area contributed by atoms with E-state index in [9.17, 15) is 36.8 Å². The van der Waals surface area contributed by atoms with Gasteiger partial charge in [0.1, 0.15) is 0 Å². The summed E-state index contributed by atoms with van der Waals surface area (Å²) in [6.45, 7) is 44.2. The van der Waals surface area contributed by atoms with Crippen LogP contribution in [-0.2, 0) is 55.9 Å². The van der Waals surface area contributed by atoms with Crippen molar-refractivity contribution in [2.24, 2.45) is 0 Å². The van der Waals surface area contributed by atoms with Crippen LogP contribution in [0.2, 0.25) is 0 Å². The van der Waals surface area contributed by atoms with E-state index in [0.717, 1.165) is 111 Å². The highest BCUT2D eigenvalue weighted by Crippen LogP contribution is 2.64. The van der Waals surface area contributed by atoms with Gasteiger partial charge in [0.15, 0.2) is 0 Å². The summed E-state index contributed by atoms with van der Waals surface area (Å²) in [7, 11) is -5.54. The molecule has 6 aliphatic heterocycles. The van der Waals surface area contributed by atoms with E-state index in [1.165, 1.54) is 0 Å². The molecule has 6 fully saturated rings. The van der Waals surface area contributed by atoms with Gasteiger partial charge >= 0.3 is 42.7 Å². The molecule has 6 saturated heterocycles. The average Bonchev–Trinajstić information content (AvgIpc) is 0.886. The molecule has 6 atom stereocenters. The maximum Gasteiger partial charge on any atom is 0.496 e. The fourth-order valence-electron chi connectivity index (χ4n) is 22.7. The number of nitrogens with zero attached hydrogens (tertiary/aromatic N) is 7. The van der Waals surface area contributed by atoms with Crippen molar-refractivity contribution in [2.75, 3.05) is 0 Å². The van der Waals surface area contributed by atoms with Crippen molar-refractivity contribution in [3.05, 3.63) is 266 Å². The van der Waals surface area contributed by atoms with Crippen LogP contribution >= 0.6 is 0 Å². The Kier molecular flexibility index (Phi) is 17.9. The van der Waals surface area contributed by atoms with Gasteiger partial charge < -0.3 is 55.9 Å². The third-order valence-corrected chi connectivity index (χ3v) is 33.4. The predicted octanol–water partition coefficient (Wildman–Crippen LogP) is 14.7. The van der Waals surface area contributed by atoms with Gasteiger partial charge in [-0.05, 0) is 307 Å². The molecule has 6 bridgehead atoms. The maximum atomic E-state index is 12.1. The van der Waals surface area contributed by atoms with Crippen LogP contribution < -0.4 is 32.8 Å². The van der Waals surface area contributed by atoms with E-state index in [1.54, 1.807) is 0 Å². The molecule has 634 valence electrons.